The van der Waals surface area contributed by atoms with Gasteiger partial charge >= 0.3 is 0 Å². The van der Waals surface area contributed by atoms with E-state index in [9.17, 15) is 0 Å². The van der Waals surface area contributed by atoms with Gasteiger partial charge in [0.15, 0.2) is 5.96 Å². The summed E-state index contributed by atoms with van der Waals surface area (Å²) in [7, 11) is 0. The molecule has 2 N–H and O–H groups in total. The predicted molar refractivity (Wildman–Crippen MR) is 106 cm³/mol. The van der Waals surface area contributed by atoms with Crippen LogP contribution in [0.2, 0.25) is 0 Å². The Morgan fingerprint density at radius 1 is 0.960 bits per heavy atom. The van der Waals surface area contributed by atoms with Crippen LogP contribution in [0.5, 0.6) is 0 Å². The number of rotatable bonds is 6. The number of hydrogen-bond acceptors (Lipinski definition) is 3. The van der Waals surface area contributed by atoms with E-state index in [1.165, 1.54) is 16.7 Å². The summed E-state index contributed by atoms with van der Waals surface area (Å²) in [6.45, 7) is 3.77. The Kier molecular flexibility index (Phi) is 6.77. The lowest BCUT2D eigenvalue weighted by molar-refractivity contribution is 0.106. The Morgan fingerprint density at radius 2 is 1.64 bits per heavy atom. The molecule has 0 amide bonds. The maximum absolute atomic E-state index is 6.16. The monoisotopic (exact) mass is 355 g/mol. The molecule has 0 spiro atoms. The number of aliphatic imine (C=N–C) groups is 1. The van der Waals surface area contributed by atoms with Gasteiger partial charge in [0, 0.05) is 24.6 Å². The first-order valence-electron chi connectivity index (χ1n) is 8.64. The highest BCUT2D eigenvalue weighted by Gasteiger charge is 2.12. The SMILES string of the molecule is NC(=NCc1ccccc1COCc1ccccc1)N1CCSCC1. The quantitative estimate of drug-likeness (QED) is 0.638. The molecule has 132 valence electrons. The summed E-state index contributed by atoms with van der Waals surface area (Å²) >= 11 is 1.97. The largest absolute Gasteiger partial charge is 0.372 e. The molecule has 1 aliphatic rings. The first-order chi connectivity index (χ1) is 12.3. The number of guanidine groups is 1. The summed E-state index contributed by atoms with van der Waals surface area (Å²) in [5, 5.41) is 0. The van der Waals surface area contributed by atoms with Gasteiger partial charge in [-0.3, -0.25) is 0 Å². The fourth-order valence-electron chi connectivity index (χ4n) is 2.76. The van der Waals surface area contributed by atoms with Gasteiger partial charge in [-0.15, -0.1) is 0 Å². The molecular weight excluding hydrogens is 330 g/mol. The predicted octanol–water partition coefficient (Wildman–Crippen LogP) is 3.27. The van der Waals surface area contributed by atoms with Gasteiger partial charge in [-0.2, -0.15) is 11.8 Å². The number of thioether (sulfide) groups is 1. The van der Waals surface area contributed by atoms with Crippen LogP contribution < -0.4 is 5.73 Å². The van der Waals surface area contributed by atoms with E-state index < -0.39 is 0 Å². The molecule has 1 fully saturated rings. The highest BCUT2D eigenvalue weighted by Crippen LogP contribution is 2.14. The molecule has 0 atom stereocenters. The Hall–Kier alpha value is -1.98. The van der Waals surface area contributed by atoms with Crippen molar-refractivity contribution < 1.29 is 4.74 Å². The van der Waals surface area contributed by atoms with Gasteiger partial charge in [0.1, 0.15) is 0 Å². The van der Waals surface area contributed by atoms with E-state index in [2.05, 4.69) is 34.2 Å². The summed E-state index contributed by atoms with van der Waals surface area (Å²) in [6.07, 6.45) is 0. The average Bonchev–Trinajstić information content (AvgIpc) is 2.68. The van der Waals surface area contributed by atoms with Crippen molar-refractivity contribution in [2.75, 3.05) is 24.6 Å². The number of ether oxygens (including phenoxy) is 1. The molecule has 1 saturated heterocycles. The number of nitrogens with two attached hydrogens (primary N) is 1. The van der Waals surface area contributed by atoms with Crippen LogP contribution in [-0.4, -0.2) is 35.5 Å². The molecule has 4 nitrogen and oxygen atoms in total. The molecule has 0 saturated carbocycles. The number of hydrogen-bond donors (Lipinski definition) is 1. The highest BCUT2D eigenvalue weighted by atomic mass is 32.2. The standard InChI is InChI=1S/C20H25N3OS/c21-20(23-10-12-25-13-11-23)22-14-18-8-4-5-9-19(18)16-24-15-17-6-2-1-3-7-17/h1-9H,10-16H2,(H2,21,22). The molecular formula is C20H25N3OS. The van der Waals surface area contributed by atoms with Crippen molar-refractivity contribution in [3.63, 3.8) is 0 Å². The van der Waals surface area contributed by atoms with Crippen molar-refractivity contribution in [2.24, 2.45) is 10.7 Å². The fraction of sp³-hybridized carbons (Fsp3) is 0.350. The number of benzene rings is 2. The van der Waals surface area contributed by atoms with Gasteiger partial charge in [0.2, 0.25) is 0 Å². The second kappa shape index (κ2) is 9.49. The van der Waals surface area contributed by atoms with Crippen LogP contribution in [0.15, 0.2) is 59.6 Å². The maximum atomic E-state index is 6.16. The van der Waals surface area contributed by atoms with Crippen LogP contribution in [-0.2, 0) is 24.5 Å². The second-order valence-electron chi connectivity index (χ2n) is 6.02. The normalized spacial score (nSPS) is 15.4. The van der Waals surface area contributed by atoms with Gasteiger partial charge < -0.3 is 15.4 Å². The van der Waals surface area contributed by atoms with Gasteiger partial charge in [-0.25, -0.2) is 4.99 Å². The molecule has 0 aliphatic carbocycles. The van der Waals surface area contributed by atoms with E-state index in [1.807, 2.05) is 42.1 Å². The Balaban J connectivity index is 1.56. The van der Waals surface area contributed by atoms with Crippen LogP contribution in [0, 0.1) is 0 Å². The molecule has 0 bridgehead atoms. The van der Waals surface area contributed by atoms with E-state index in [0.717, 1.165) is 24.6 Å². The Morgan fingerprint density at radius 3 is 2.40 bits per heavy atom. The van der Waals surface area contributed by atoms with E-state index in [-0.39, 0.29) is 0 Å². The van der Waals surface area contributed by atoms with Crippen molar-refractivity contribution in [2.45, 2.75) is 19.8 Å². The third-order valence-corrected chi connectivity index (χ3v) is 5.18. The average molecular weight is 356 g/mol. The van der Waals surface area contributed by atoms with Crippen LogP contribution in [0.25, 0.3) is 0 Å². The fourth-order valence-corrected chi connectivity index (χ4v) is 3.67. The summed E-state index contributed by atoms with van der Waals surface area (Å²) < 4.78 is 5.88. The van der Waals surface area contributed by atoms with Gasteiger partial charge in [-0.1, -0.05) is 54.6 Å². The van der Waals surface area contributed by atoms with E-state index in [0.29, 0.717) is 25.7 Å². The van der Waals surface area contributed by atoms with E-state index in [4.69, 9.17) is 10.5 Å². The second-order valence-corrected chi connectivity index (χ2v) is 7.25. The van der Waals surface area contributed by atoms with Crippen molar-refractivity contribution in [1.82, 2.24) is 4.90 Å². The van der Waals surface area contributed by atoms with Crippen LogP contribution in [0.1, 0.15) is 16.7 Å². The summed E-state index contributed by atoms with van der Waals surface area (Å²) in [4.78, 5) is 6.77. The topological polar surface area (TPSA) is 50.9 Å². The smallest absolute Gasteiger partial charge is 0.191 e. The highest BCUT2D eigenvalue weighted by molar-refractivity contribution is 7.99. The Bertz CT molecular complexity index is 684. The third kappa shape index (κ3) is 5.51. The van der Waals surface area contributed by atoms with E-state index in [1.54, 1.807) is 0 Å². The molecule has 1 heterocycles. The first kappa shape index (κ1) is 17.8. The third-order valence-electron chi connectivity index (χ3n) is 4.23. The molecule has 2 aromatic carbocycles. The first-order valence-corrected chi connectivity index (χ1v) is 9.79. The minimum absolute atomic E-state index is 0.584. The summed E-state index contributed by atoms with van der Waals surface area (Å²) in [5.41, 5.74) is 9.69. The molecule has 0 radical (unpaired) electrons. The molecule has 1 aliphatic heterocycles. The minimum Gasteiger partial charge on any atom is -0.372 e. The number of nitrogens with zero attached hydrogens (tertiary/aromatic N) is 2. The molecule has 25 heavy (non-hydrogen) atoms. The van der Waals surface area contributed by atoms with Crippen LogP contribution in [0.3, 0.4) is 0 Å². The van der Waals surface area contributed by atoms with Crippen molar-refractivity contribution in [3.05, 3.63) is 71.3 Å². The molecule has 5 heteroatoms. The zero-order valence-corrected chi connectivity index (χ0v) is 15.3. The van der Waals surface area contributed by atoms with Gasteiger partial charge in [0.05, 0.1) is 19.8 Å². The zero-order chi connectivity index (χ0) is 17.3. The van der Waals surface area contributed by atoms with Crippen molar-refractivity contribution in [1.29, 1.82) is 0 Å². The lowest BCUT2D eigenvalue weighted by Crippen LogP contribution is -2.42. The minimum atomic E-state index is 0.584. The van der Waals surface area contributed by atoms with Crippen molar-refractivity contribution in [3.8, 4) is 0 Å². The van der Waals surface area contributed by atoms with Crippen molar-refractivity contribution >= 4 is 17.7 Å². The summed E-state index contributed by atoms with van der Waals surface area (Å²) in [6, 6.07) is 18.5. The lowest BCUT2D eigenvalue weighted by Gasteiger charge is -2.27. The maximum Gasteiger partial charge on any atom is 0.191 e. The van der Waals surface area contributed by atoms with E-state index >= 15 is 0 Å². The van der Waals surface area contributed by atoms with Gasteiger partial charge in [-0.05, 0) is 16.7 Å². The van der Waals surface area contributed by atoms with Crippen LogP contribution in [0.4, 0.5) is 0 Å². The van der Waals surface area contributed by atoms with Crippen LogP contribution >= 0.6 is 11.8 Å². The molecule has 0 aromatic heterocycles. The lowest BCUT2D eigenvalue weighted by atomic mass is 10.1. The Labute approximate surface area is 154 Å². The molecule has 2 aromatic rings. The van der Waals surface area contributed by atoms with Gasteiger partial charge in [0.25, 0.3) is 0 Å². The summed E-state index contributed by atoms with van der Waals surface area (Å²) in [5.74, 6) is 2.90. The molecule has 3 rings (SSSR count). The molecule has 0 unspecified atom stereocenters. The zero-order valence-electron chi connectivity index (χ0n) is 14.4.